The van der Waals surface area contributed by atoms with Gasteiger partial charge in [0.15, 0.2) is 0 Å². The minimum atomic E-state index is -0.896. The number of carbonyl (C=O) groups is 2. The monoisotopic (exact) mass is 367 g/mol. The van der Waals surface area contributed by atoms with Gasteiger partial charge in [-0.3, -0.25) is 9.48 Å². The van der Waals surface area contributed by atoms with E-state index in [0.29, 0.717) is 24.4 Å². The number of carboxylic acid groups (broad SMARTS) is 1. The minimum absolute atomic E-state index is 0.0456. The van der Waals surface area contributed by atoms with Crippen LogP contribution in [0, 0.1) is 12.8 Å². The van der Waals surface area contributed by atoms with Crippen LogP contribution in [0.2, 0.25) is 0 Å². The van der Waals surface area contributed by atoms with Crippen molar-refractivity contribution in [3.8, 4) is 0 Å². The normalized spacial score (nSPS) is 24.6. The van der Waals surface area contributed by atoms with Crippen LogP contribution in [-0.4, -0.2) is 43.7 Å². The van der Waals surface area contributed by atoms with Crippen LogP contribution in [0.1, 0.15) is 53.7 Å². The molecule has 27 heavy (non-hydrogen) atoms. The van der Waals surface area contributed by atoms with Crippen molar-refractivity contribution in [2.24, 2.45) is 5.92 Å². The molecule has 1 N–H and O–H groups in total. The standard InChI is InChI=1S/C21H25N3O3/c1-14-17(12-22-23(14)13-15-7-3-2-4-8-15)20(25)24-18-10-6-5-9-16(18)11-19(24)21(26)27/h2-4,7-8,12,16,18-19H,5-6,9-11,13H2,1H3,(H,26,27). The number of likely N-dealkylation sites (tertiary alicyclic amines) is 1. The summed E-state index contributed by atoms with van der Waals surface area (Å²) in [7, 11) is 0. The number of aliphatic carboxylic acids is 1. The van der Waals surface area contributed by atoms with E-state index in [1.807, 2.05) is 41.9 Å². The molecule has 6 heteroatoms. The highest BCUT2D eigenvalue weighted by atomic mass is 16.4. The summed E-state index contributed by atoms with van der Waals surface area (Å²) < 4.78 is 1.81. The fourth-order valence-electron chi connectivity index (χ4n) is 4.68. The van der Waals surface area contributed by atoms with Gasteiger partial charge in [0.2, 0.25) is 0 Å². The van der Waals surface area contributed by atoms with Crippen molar-refractivity contribution in [2.45, 2.75) is 57.7 Å². The first-order chi connectivity index (χ1) is 13.1. The van der Waals surface area contributed by atoms with Crippen molar-refractivity contribution in [1.29, 1.82) is 0 Å². The number of carboxylic acids is 1. The van der Waals surface area contributed by atoms with Crippen LogP contribution in [0.3, 0.4) is 0 Å². The summed E-state index contributed by atoms with van der Waals surface area (Å²) in [5.41, 5.74) is 2.41. The van der Waals surface area contributed by atoms with Crippen molar-refractivity contribution in [3.63, 3.8) is 0 Å². The number of amides is 1. The van der Waals surface area contributed by atoms with E-state index in [4.69, 9.17) is 0 Å². The number of benzene rings is 1. The smallest absolute Gasteiger partial charge is 0.326 e. The Labute approximate surface area is 158 Å². The molecule has 1 saturated carbocycles. The Hall–Kier alpha value is -2.63. The maximum Gasteiger partial charge on any atom is 0.326 e. The van der Waals surface area contributed by atoms with Crippen molar-refractivity contribution in [1.82, 2.24) is 14.7 Å². The van der Waals surface area contributed by atoms with Crippen molar-refractivity contribution in [2.75, 3.05) is 0 Å². The fourth-order valence-corrected chi connectivity index (χ4v) is 4.68. The molecule has 1 aliphatic carbocycles. The minimum Gasteiger partial charge on any atom is -0.480 e. The zero-order valence-electron chi connectivity index (χ0n) is 15.5. The van der Waals surface area contributed by atoms with Gasteiger partial charge in [-0.2, -0.15) is 5.10 Å². The molecule has 2 aromatic rings. The second-order valence-electron chi connectivity index (χ2n) is 7.70. The molecule has 3 unspecified atom stereocenters. The molecule has 1 aliphatic heterocycles. The summed E-state index contributed by atoms with van der Waals surface area (Å²) in [6.45, 7) is 2.47. The van der Waals surface area contributed by atoms with Gasteiger partial charge >= 0.3 is 5.97 Å². The molecule has 0 radical (unpaired) electrons. The molecule has 1 aromatic carbocycles. The van der Waals surface area contributed by atoms with Crippen molar-refractivity contribution in [3.05, 3.63) is 53.3 Å². The summed E-state index contributed by atoms with van der Waals surface area (Å²) in [6.07, 6.45) is 6.27. The van der Waals surface area contributed by atoms with E-state index in [9.17, 15) is 14.7 Å². The third kappa shape index (κ3) is 3.24. The van der Waals surface area contributed by atoms with E-state index < -0.39 is 12.0 Å². The Kier molecular flexibility index (Phi) is 4.72. The molecule has 142 valence electrons. The zero-order valence-corrected chi connectivity index (χ0v) is 15.5. The second kappa shape index (κ2) is 7.18. The number of hydrogen-bond donors (Lipinski definition) is 1. The van der Waals surface area contributed by atoms with E-state index in [2.05, 4.69) is 5.10 Å². The first-order valence-corrected chi connectivity index (χ1v) is 9.68. The van der Waals surface area contributed by atoms with Gasteiger partial charge in [-0.05, 0) is 37.7 Å². The third-order valence-electron chi connectivity index (χ3n) is 6.12. The Balaban J connectivity index is 1.61. The summed E-state index contributed by atoms with van der Waals surface area (Å²) >= 11 is 0. The van der Waals surface area contributed by atoms with E-state index in [-0.39, 0.29) is 11.9 Å². The van der Waals surface area contributed by atoms with Crippen LogP contribution >= 0.6 is 0 Å². The first-order valence-electron chi connectivity index (χ1n) is 9.68. The molecule has 1 saturated heterocycles. The van der Waals surface area contributed by atoms with Crippen LogP contribution in [0.5, 0.6) is 0 Å². The van der Waals surface area contributed by atoms with E-state index in [1.54, 1.807) is 11.1 Å². The maximum atomic E-state index is 13.3. The van der Waals surface area contributed by atoms with Crippen LogP contribution in [0.25, 0.3) is 0 Å². The second-order valence-corrected chi connectivity index (χ2v) is 7.70. The maximum absolute atomic E-state index is 13.3. The summed E-state index contributed by atoms with van der Waals surface area (Å²) in [4.78, 5) is 26.8. The predicted molar refractivity (Wildman–Crippen MR) is 100 cm³/mol. The first kappa shape index (κ1) is 17.8. The van der Waals surface area contributed by atoms with Crippen molar-refractivity contribution < 1.29 is 14.7 Å². The van der Waals surface area contributed by atoms with Gasteiger partial charge in [-0.15, -0.1) is 0 Å². The molecule has 2 heterocycles. The van der Waals surface area contributed by atoms with Gasteiger partial charge in [-0.1, -0.05) is 43.2 Å². The number of carbonyl (C=O) groups excluding carboxylic acids is 1. The highest BCUT2D eigenvalue weighted by molar-refractivity contribution is 5.98. The van der Waals surface area contributed by atoms with Gasteiger partial charge in [0.1, 0.15) is 6.04 Å². The fraction of sp³-hybridized carbons (Fsp3) is 0.476. The van der Waals surface area contributed by atoms with E-state index in [0.717, 1.165) is 36.9 Å². The number of nitrogens with zero attached hydrogens (tertiary/aromatic N) is 3. The Morgan fingerprint density at radius 3 is 2.67 bits per heavy atom. The predicted octanol–water partition coefficient (Wildman–Crippen LogP) is 3.10. The van der Waals surface area contributed by atoms with E-state index in [1.165, 1.54) is 0 Å². The number of fused-ring (bicyclic) bond motifs is 1. The van der Waals surface area contributed by atoms with Gasteiger partial charge in [0, 0.05) is 11.7 Å². The molecule has 1 amide bonds. The molecule has 0 bridgehead atoms. The molecular weight excluding hydrogens is 342 g/mol. The molecule has 6 nitrogen and oxygen atoms in total. The molecular formula is C21H25N3O3. The summed E-state index contributed by atoms with van der Waals surface area (Å²) in [5, 5.41) is 14.1. The lowest BCUT2D eigenvalue weighted by Crippen LogP contribution is -2.46. The third-order valence-corrected chi connectivity index (χ3v) is 6.12. The molecule has 1 aromatic heterocycles. The quantitative estimate of drug-likeness (QED) is 0.901. The number of rotatable bonds is 4. The highest BCUT2D eigenvalue weighted by Crippen LogP contribution is 2.40. The summed E-state index contributed by atoms with van der Waals surface area (Å²) in [5.74, 6) is -0.774. The largest absolute Gasteiger partial charge is 0.480 e. The van der Waals surface area contributed by atoms with E-state index >= 15 is 0 Å². The summed E-state index contributed by atoms with van der Waals surface area (Å²) in [6, 6.07) is 9.29. The van der Waals surface area contributed by atoms with Gasteiger partial charge in [0.25, 0.3) is 5.91 Å². The van der Waals surface area contributed by atoms with Crippen LogP contribution in [0.4, 0.5) is 0 Å². The Bertz CT molecular complexity index is 846. The van der Waals surface area contributed by atoms with Crippen molar-refractivity contribution >= 4 is 11.9 Å². The average Bonchev–Trinajstić information content (AvgIpc) is 3.23. The lowest BCUT2D eigenvalue weighted by Gasteiger charge is -2.33. The lowest BCUT2D eigenvalue weighted by atomic mass is 9.84. The molecule has 0 spiro atoms. The highest BCUT2D eigenvalue weighted by Gasteiger charge is 2.48. The average molecular weight is 367 g/mol. The molecule has 2 aliphatic rings. The van der Waals surface area contributed by atoms with Crippen LogP contribution in [0.15, 0.2) is 36.5 Å². The Morgan fingerprint density at radius 2 is 1.93 bits per heavy atom. The zero-order chi connectivity index (χ0) is 19.0. The molecule has 2 fully saturated rings. The van der Waals surface area contributed by atoms with Gasteiger partial charge in [0.05, 0.1) is 18.3 Å². The number of hydrogen-bond acceptors (Lipinski definition) is 3. The van der Waals surface area contributed by atoms with Crippen LogP contribution < -0.4 is 0 Å². The topological polar surface area (TPSA) is 75.4 Å². The van der Waals surface area contributed by atoms with Crippen LogP contribution in [-0.2, 0) is 11.3 Å². The SMILES string of the molecule is Cc1c(C(=O)N2C(C(=O)O)CC3CCCCC32)cnn1Cc1ccccc1. The lowest BCUT2D eigenvalue weighted by molar-refractivity contribution is -0.141. The number of aromatic nitrogens is 2. The van der Waals surface area contributed by atoms with Gasteiger partial charge < -0.3 is 10.0 Å². The van der Waals surface area contributed by atoms with Gasteiger partial charge in [-0.25, -0.2) is 4.79 Å². The molecule has 4 rings (SSSR count). The Morgan fingerprint density at radius 1 is 1.19 bits per heavy atom. The molecule has 3 atom stereocenters.